The van der Waals surface area contributed by atoms with E-state index in [0.29, 0.717) is 11.5 Å². The van der Waals surface area contributed by atoms with Gasteiger partial charge in [0.1, 0.15) is 5.00 Å². The third-order valence-electron chi connectivity index (χ3n) is 3.87. The molecule has 11 heteroatoms. The number of rotatable bonds is 8. The fourth-order valence-electron chi connectivity index (χ4n) is 2.48. The largest absolute Gasteiger partial charge is 0.418 e. The van der Waals surface area contributed by atoms with Crippen LogP contribution < -0.4 is 16.4 Å². The molecule has 0 saturated heterocycles. The zero-order chi connectivity index (χ0) is 21.6. The van der Waals surface area contributed by atoms with Gasteiger partial charge in [-0.25, -0.2) is 0 Å². The summed E-state index contributed by atoms with van der Waals surface area (Å²) >= 11 is 1.12. The summed E-state index contributed by atoms with van der Waals surface area (Å²) in [5.41, 5.74) is 4.09. The molecule has 0 spiro atoms. The third-order valence-corrected chi connectivity index (χ3v) is 4.70. The van der Waals surface area contributed by atoms with Gasteiger partial charge in [-0.05, 0) is 30.1 Å². The van der Waals surface area contributed by atoms with Crippen molar-refractivity contribution < 1.29 is 27.6 Å². The van der Waals surface area contributed by atoms with E-state index in [-0.39, 0.29) is 24.3 Å². The third kappa shape index (κ3) is 6.29. The average Bonchev–Trinajstić information content (AvgIpc) is 3.08. The molecule has 29 heavy (non-hydrogen) atoms. The van der Waals surface area contributed by atoms with E-state index in [2.05, 4.69) is 10.6 Å². The van der Waals surface area contributed by atoms with Crippen LogP contribution in [0.1, 0.15) is 22.8 Å². The van der Waals surface area contributed by atoms with Crippen LogP contribution in [0.15, 0.2) is 35.7 Å². The summed E-state index contributed by atoms with van der Waals surface area (Å²) in [6, 6.07) is 6.12. The van der Waals surface area contributed by atoms with Crippen LogP contribution in [0.3, 0.4) is 0 Å². The number of carbonyl (C=O) groups excluding carboxylic acids is 3. The number of alkyl halides is 3. The molecule has 7 nitrogen and oxygen atoms in total. The molecule has 4 N–H and O–H groups in total. The molecule has 0 fully saturated rings. The molecule has 1 aromatic carbocycles. The predicted molar refractivity (Wildman–Crippen MR) is 104 cm³/mol. The molecular weight excluding hydrogens is 409 g/mol. The normalized spacial score (nSPS) is 11.3. The first-order valence-electron chi connectivity index (χ1n) is 8.47. The van der Waals surface area contributed by atoms with Gasteiger partial charge in [-0.1, -0.05) is 19.1 Å². The molecule has 2 aromatic rings. The van der Waals surface area contributed by atoms with Crippen molar-refractivity contribution in [3.8, 4) is 0 Å². The number of nitrogens with zero attached hydrogens (tertiary/aromatic N) is 1. The van der Waals surface area contributed by atoms with E-state index in [4.69, 9.17) is 5.73 Å². The highest BCUT2D eigenvalue weighted by Gasteiger charge is 2.33. The molecule has 0 aliphatic carbocycles. The molecule has 0 aliphatic heterocycles. The van der Waals surface area contributed by atoms with Gasteiger partial charge in [-0.3, -0.25) is 19.3 Å². The maximum Gasteiger partial charge on any atom is 0.418 e. The van der Waals surface area contributed by atoms with Gasteiger partial charge >= 0.3 is 6.18 Å². The molecule has 0 radical (unpaired) electrons. The molecule has 0 aliphatic rings. The number of thiophene rings is 1. The number of carbonyl (C=O) groups is 3. The fraction of sp³-hybridized carbons (Fsp3) is 0.278. The highest BCUT2D eigenvalue weighted by Crippen LogP contribution is 2.34. The van der Waals surface area contributed by atoms with E-state index in [1.165, 1.54) is 23.1 Å². The van der Waals surface area contributed by atoms with Crippen LogP contribution in [0.2, 0.25) is 0 Å². The lowest BCUT2D eigenvalue weighted by Crippen LogP contribution is -2.39. The Bertz CT molecular complexity index is 898. The quantitative estimate of drug-likeness (QED) is 0.601. The number of hydrogen-bond donors (Lipinski definition) is 3. The first kappa shape index (κ1) is 22.4. The van der Waals surface area contributed by atoms with Crippen LogP contribution in [0, 0.1) is 0 Å². The van der Waals surface area contributed by atoms with Gasteiger partial charge in [-0.15, -0.1) is 11.3 Å². The SMILES string of the molecule is CCN(CC(=O)Nc1ccccc1C(F)(F)F)CC(=O)Nc1sccc1C(N)=O. The number of likely N-dealkylation sites (N-methyl/N-ethyl adjacent to an activating group) is 1. The Hall–Kier alpha value is -2.92. The summed E-state index contributed by atoms with van der Waals surface area (Å²) in [5, 5.41) is 6.67. The van der Waals surface area contributed by atoms with E-state index in [9.17, 15) is 27.6 Å². The summed E-state index contributed by atoms with van der Waals surface area (Å²) in [7, 11) is 0. The summed E-state index contributed by atoms with van der Waals surface area (Å²) in [6.07, 6.45) is -4.60. The molecule has 1 aromatic heterocycles. The van der Waals surface area contributed by atoms with Crippen molar-refractivity contribution in [3.05, 3.63) is 46.8 Å². The van der Waals surface area contributed by atoms with Crippen LogP contribution in [-0.2, 0) is 15.8 Å². The van der Waals surface area contributed by atoms with E-state index in [1.54, 1.807) is 12.3 Å². The standard InChI is InChI=1S/C18H19F3N4O3S/c1-2-25(10-15(27)24-17-11(16(22)28)7-8-29-17)9-14(26)23-13-6-4-3-5-12(13)18(19,20)21/h3-8H,2,9-10H2,1H3,(H2,22,28)(H,23,26)(H,24,27). The Morgan fingerprint density at radius 1 is 1.07 bits per heavy atom. The smallest absolute Gasteiger partial charge is 0.366 e. The Morgan fingerprint density at radius 3 is 2.28 bits per heavy atom. The van der Waals surface area contributed by atoms with E-state index >= 15 is 0 Å². The van der Waals surface area contributed by atoms with Crippen molar-refractivity contribution in [2.75, 3.05) is 30.3 Å². The van der Waals surface area contributed by atoms with E-state index < -0.39 is 29.5 Å². The summed E-state index contributed by atoms with van der Waals surface area (Å²) in [6.45, 7) is 1.52. The van der Waals surface area contributed by atoms with E-state index in [1.807, 2.05) is 0 Å². The highest BCUT2D eigenvalue weighted by molar-refractivity contribution is 7.14. The second-order valence-electron chi connectivity index (χ2n) is 5.97. The van der Waals surface area contributed by atoms with Gasteiger partial charge in [0.25, 0.3) is 5.91 Å². The van der Waals surface area contributed by atoms with Crippen molar-refractivity contribution >= 4 is 39.7 Å². The van der Waals surface area contributed by atoms with Crippen molar-refractivity contribution in [1.29, 1.82) is 0 Å². The van der Waals surface area contributed by atoms with Gasteiger partial charge in [0.15, 0.2) is 0 Å². The lowest BCUT2D eigenvalue weighted by molar-refractivity contribution is -0.137. The molecule has 0 saturated carbocycles. The van der Waals surface area contributed by atoms with E-state index in [0.717, 1.165) is 23.5 Å². The number of halogens is 3. The first-order valence-corrected chi connectivity index (χ1v) is 9.35. The molecule has 156 valence electrons. The molecule has 0 bridgehead atoms. The van der Waals surface area contributed by atoms with Gasteiger partial charge in [0.05, 0.1) is 29.9 Å². The maximum absolute atomic E-state index is 13.0. The number of benzene rings is 1. The zero-order valence-electron chi connectivity index (χ0n) is 15.4. The van der Waals surface area contributed by atoms with Crippen LogP contribution >= 0.6 is 11.3 Å². The topological polar surface area (TPSA) is 105 Å². The Morgan fingerprint density at radius 2 is 1.69 bits per heavy atom. The van der Waals surface area contributed by atoms with Crippen molar-refractivity contribution in [3.63, 3.8) is 0 Å². The molecule has 2 rings (SSSR count). The van der Waals surface area contributed by atoms with Gasteiger partial charge < -0.3 is 16.4 Å². The number of nitrogens with two attached hydrogens (primary N) is 1. The maximum atomic E-state index is 13.0. The summed E-state index contributed by atoms with van der Waals surface area (Å²) < 4.78 is 39.1. The number of nitrogens with one attached hydrogen (secondary N) is 2. The Labute approximate surface area is 168 Å². The number of amides is 3. The minimum atomic E-state index is -4.60. The van der Waals surface area contributed by atoms with Crippen LogP contribution in [0.5, 0.6) is 0 Å². The molecule has 0 unspecified atom stereocenters. The average molecular weight is 428 g/mol. The Kier molecular flexibility index (Phi) is 7.35. The second-order valence-corrected chi connectivity index (χ2v) is 6.89. The monoisotopic (exact) mass is 428 g/mol. The zero-order valence-corrected chi connectivity index (χ0v) is 16.2. The molecule has 0 atom stereocenters. The number of para-hydroxylation sites is 1. The summed E-state index contributed by atoms with van der Waals surface area (Å²) in [5.74, 6) is -1.86. The minimum absolute atomic E-state index is 0.174. The molecular formula is C18H19F3N4O3S. The van der Waals surface area contributed by atoms with Gasteiger partial charge in [-0.2, -0.15) is 13.2 Å². The first-order chi connectivity index (χ1) is 13.6. The van der Waals surface area contributed by atoms with Crippen LogP contribution in [0.25, 0.3) is 0 Å². The summed E-state index contributed by atoms with van der Waals surface area (Å²) in [4.78, 5) is 37.1. The van der Waals surface area contributed by atoms with Crippen LogP contribution in [0.4, 0.5) is 23.9 Å². The highest BCUT2D eigenvalue weighted by atomic mass is 32.1. The van der Waals surface area contributed by atoms with Crippen molar-refractivity contribution in [1.82, 2.24) is 4.90 Å². The molecule has 3 amide bonds. The Balaban J connectivity index is 1.98. The number of hydrogen-bond acceptors (Lipinski definition) is 5. The number of anilines is 2. The van der Waals surface area contributed by atoms with Crippen molar-refractivity contribution in [2.24, 2.45) is 5.73 Å². The van der Waals surface area contributed by atoms with Crippen LogP contribution in [-0.4, -0.2) is 42.3 Å². The lowest BCUT2D eigenvalue weighted by Gasteiger charge is -2.20. The second kappa shape index (κ2) is 9.52. The molecule has 1 heterocycles. The predicted octanol–water partition coefficient (Wildman–Crippen LogP) is 2.76. The van der Waals surface area contributed by atoms with Crippen molar-refractivity contribution in [2.45, 2.75) is 13.1 Å². The van der Waals surface area contributed by atoms with Gasteiger partial charge in [0.2, 0.25) is 11.8 Å². The minimum Gasteiger partial charge on any atom is -0.366 e. The lowest BCUT2D eigenvalue weighted by atomic mass is 10.1. The van der Waals surface area contributed by atoms with Gasteiger partial charge in [0, 0.05) is 0 Å². The number of primary amides is 1. The fourth-order valence-corrected chi connectivity index (χ4v) is 3.29.